The lowest BCUT2D eigenvalue weighted by molar-refractivity contribution is -0.0132. The first-order chi connectivity index (χ1) is 23.6. The molecule has 0 aliphatic carbocycles. The Bertz CT molecular complexity index is 1800. The SMILES string of the molecule is CC.CCC1(CO)CCCN(c2nc(OCC34CCN3CC(F)(F)C4)nc3c(F)c(-c4c(CCCOC)c(Cl)cc5[nH]ncc45)ncc23)C1. The molecule has 49 heavy (non-hydrogen) atoms. The Morgan fingerprint density at radius 2 is 1.92 bits per heavy atom. The van der Waals surface area contributed by atoms with Crippen molar-refractivity contribution in [1.82, 2.24) is 30.0 Å². The van der Waals surface area contributed by atoms with Crippen molar-refractivity contribution in [2.75, 3.05) is 58.0 Å². The second kappa shape index (κ2) is 14.2. The molecule has 6 heterocycles. The van der Waals surface area contributed by atoms with Crippen molar-refractivity contribution in [3.8, 4) is 17.3 Å². The fourth-order valence-electron chi connectivity index (χ4n) is 7.69. The zero-order valence-electron chi connectivity index (χ0n) is 28.6. The van der Waals surface area contributed by atoms with E-state index >= 15 is 4.39 Å². The third-order valence-electron chi connectivity index (χ3n) is 10.5. The van der Waals surface area contributed by atoms with Gasteiger partial charge in [-0.25, -0.2) is 13.2 Å². The molecule has 3 aromatic heterocycles. The molecule has 0 saturated carbocycles. The van der Waals surface area contributed by atoms with E-state index in [9.17, 15) is 13.9 Å². The number of pyridine rings is 1. The van der Waals surface area contributed by atoms with Crippen molar-refractivity contribution >= 4 is 39.2 Å². The number of rotatable bonds is 11. The molecule has 3 aliphatic rings. The highest BCUT2D eigenvalue weighted by Gasteiger charge is 2.60. The number of benzene rings is 1. The third kappa shape index (κ3) is 6.55. The molecule has 1 aromatic carbocycles. The first-order valence-corrected chi connectivity index (χ1v) is 17.6. The van der Waals surface area contributed by atoms with Gasteiger partial charge >= 0.3 is 6.01 Å². The quantitative estimate of drug-likeness (QED) is 0.163. The van der Waals surface area contributed by atoms with E-state index in [-0.39, 0.29) is 48.8 Å². The van der Waals surface area contributed by atoms with Gasteiger partial charge in [0.15, 0.2) is 5.82 Å². The Labute approximate surface area is 289 Å². The minimum atomic E-state index is -2.79. The molecule has 3 saturated heterocycles. The van der Waals surface area contributed by atoms with E-state index in [4.69, 9.17) is 26.1 Å². The van der Waals surface area contributed by atoms with Crippen LogP contribution in [0.25, 0.3) is 33.1 Å². The molecule has 10 nitrogen and oxygen atoms in total. The molecule has 2 unspecified atom stereocenters. The average Bonchev–Trinajstić information content (AvgIpc) is 3.64. The van der Waals surface area contributed by atoms with Crippen LogP contribution in [0.4, 0.5) is 19.0 Å². The van der Waals surface area contributed by atoms with Crippen LogP contribution in [-0.2, 0) is 11.2 Å². The highest BCUT2D eigenvalue weighted by Crippen LogP contribution is 2.48. The number of fused-ring (bicyclic) bond motifs is 3. The summed E-state index contributed by atoms with van der Waals surface area (Å²) < 4.78 is 57.1. The number of anilines is 1. The Kier molecular flexibility index (Phi) is 10.3. The summed E-state index contributed by atoms with van der Waals surface area (Å²) in [6.45, 7) is 7.94. The zero-order chi connectivity index (χ0) is 35.0. The number of nitrogens with one attached hydrogen (secondary N) is 1. The van der Waals surface area contributed by atoms with Crippen LogP contribution in [0.15, 0.2) is 18.5 Å². The number of halogens is 4. The molecule has 3 fully saturated rings. The maximum atomic E-state index is 17.0. The summed E-state index contributed by atoms with van der Waals surface area (Å²) in [5.41, 5.74) is 0.797. The number of methoxy groups -OCH3 is 1. The number of aromatic amines is 1. The van der Waals surface area contributed by atoms with Gasteiger partial charge in [0.25, 0.3) is 5.92 Å². The molecule has 2 N–H and O–H groups in total. The first-order valence-electron chi connectivity index (χ1n) is 17.2. The second-order valence-electron chi connectivity index (χ2n) is 13.4. The number of aliphatic hydroxyl groups is 1. The lowest BCUT2D eigenvalue weighted by atomic mass is 9.78. The van der Waals surface area contributed by atoms with Crippen LogP contribution in [0.5, 0.6) is 6.01 Å². The lowest BCUT2D eigenvalue weighted by Gasteiger charge is -2.46. The van der Waals surface area contributed by atoms with E-state index in [0.29, 0.717) is 83.8 Å². The number of ether oxygens (including phenoxy) is 2. The first kappa shape index (κ1) is 35.6. The maximum Gasteiger partial charge on any atom is 0.319 e. The third-order valence-corrected chi connectivity index (χ3v) is 10.8. The Hall–Kier alpha value is -3.26. The van der Waals surface area contributed by atoms with Gasteiger partial charge in [0.05, 0.1) is 35.8 Å². The highest BCUT2D eigenvalue weighted by molar-refractivity contribution is 6.33. The molecule has 7 rings (SSSR count). The van der Waals surface area contributed by atoms with Crippen molar-refractivity contribution < 1.29 is 27.8 Å². The van der Waals surface area contributed by atoms with E-state index in [0.717, 1.165) is 19.3 Å². The van der Waals surface area contributed by atoms with Crippen LogP contribution in [0.1, 0.15) is 64.9 Å². The minimum absolute atomic E-state index is 0.00542. The molecule has 0 radical (unpaired) electrons. The van der Waals surface area contributed by atoms with Crippen molar-refractivity contribution in [3.05, 3.63) is 34.9 Å². The highest BCUT2D eigenvalue weighted by atomic mass is 35.5. The van der Waals surface area contributed by atoms with Gasteiger partial charge in [0, 0.05) is 67.4 Å². The summed E-state index contributed by atoms with van der Waals surface area (Å²) in [4.78, 5) is 17.7. The van der Waals surface area contributed by atoms with Crippen LogP contribution < -0.4 is 9.64 Å². The number of hydrogen-bond acceptors (Lipinski definition) is 9. The number of hydrogen-bond donors (Lipinski definition) is 2. The molecule has 0 spiro atoms. The van der Waals surface area contributed by atoms with Crippen molar-refractivity contribution in [2.24, 2.45) is 5.41 Å². The van der Waals surface area contributed by atoms with Crippen LogP contribution in [0.3, 0.4) is 0 Å². The summed E-state index contributed by atoms with van der Waals surface area (Å²) >= 11 is 6.76. The van der Waals surface area contributed by atoms with E-state index in [1.165, 1.54) is 0 Å². The molecule has 0 bridgehead atoms. The number of aliphatic hydroxyl groups excluding tert-OH is 1. The minimum Gasteiger partial charge on any atom is -0.461 e. The summed E-state index contributed by atoms with van der Waals surface area (Å²) in [6.07, 6.45) is 7.07. The topological polar surface area (TPSA) is 113 Å². The van der Waals surface area contributed by atoms with Crippen molar-refractivity contribution in [2.45, 2.75) is 77.2 Å². The predicted molar refractivity (Wildman–Crippen MR) is 184 cm³/mol. The Morgan fingerprint density at radius 3 is 2.61 bits per heavy atom. The summed E-state index contributed by atoms with van der Waals surface area (Å²) in [5, 5.41) is 18.9. The van der Waals surface area contributed by atoms with Crippen molar-refractivity contribution in [3.63, 3.8) is 0 Å². The molecule has 0 amide bonds. The van der Waals surface area contributed by atoms with Gasteiger partial charge in [-0.05, 0) is 50.2 Å². The van der Waals surface area contributed by atoms with Gasteiger partial charge in [-0.3, -0.25) is 15.0 Å². The molecule has 266 valence electrons. The van der Waals surface area contributed by atoms with Crippen molar-refractivity contribution in [1.29, 1.82) is 0 Å². The molecule has 14 heteroatoms. The molecule has 2 atom stereocenters. The largest absolute Gasteiger partial charge is 0.461 e. The van der Waals surface area contributed by atoms with Gasteiger partial charge < -0.3 is 19.5 Å². The van der Waals surface area contributed by atoms with E-state index in [1.807, 2.05) is 25.7 Å². The van der Waals surface area contributed by atoms with Crippen LogP contribution in [0, 0.1) is 11.2 Å². The van der Waals surface area contributed by atoms with E-state index < -0.39 is 17.3 Å². The van der Waals surface area contributed by atoms with Gasteiger partial charge in [0.1, 0.15) is 23.6 Å². The normalized spacial score (nSPS) is 23.3. The van der Waals surface area contributed by atoms with E-state index in [2.05, 4.69) is 20.2 Å². The Balaban J connectivity index is 0.00000205. The smallest absolute Gasteiger partial charge is 0.319 e. The number of aromatic nitrogens is 5. The lowest BCUT2D eigenvalue weighted by Crippen LogP contribution is -2.59. The monoisotopic (exact) mass is 703 g/mol. The maximum absolute atomic E-state index is 17.0. The number of piperidine rings is 1. The standard InChI is InChI=1S/C33H39ClF3N7O3.C2H6/c1-3-31(18-45)7-5-9-43(16-31)29-22-13-38-28(25-20(6-4-11-46-2)23(34)12-24-21(25)14-39-42-24)26(35)27(22)40-30(41-29)47-19-32-8-10-44(32)17-33(36,37)15-32;1-2/h12-14,45H,3-11,15-19H2,1-2H3,(H,39,42);1-2H3. The van der Waals surface area contributed by atoms with Gasteiger partial charge in [-0.15, -0.1) is 0 Å². The fraction of sp³-hybridized carbons (Fsp3) is 0.600. The predicted octanol–water partition coefficient (Wildman–Crippen LogP) is 6.82. The summed E-state index contributed by atoms with van der Waals surface area (Å²) in [7, 11) is 1.62. The van der Waals surface area contributed by atoms with Gasteiger partial charge in [0.2, 0.25) is 0 Å². The fourth-order valence-corrected chi connectivity index (χ4v) is 7.99. The number of alkyl halides is 2. The summed E-state index contributed by atoms with van der Waals surface area (Å²) in [5.74, 6) is -3.03. The molecule has 4 aromatic rings. The molecular formula is C35H45ClF3N7O3. The Morgan fingerprint density at radius 1 is 1.10 bits per heavy atom. The second-order valence-corrected chi connectivity index (χ2v) is 13.8. The van der Waals surface area contributed by atoms with Gasteiger partial charge in [-0.2, -0.15) is 15.1 Å². The van der Waals surface area contributed by atoms with Gasteiger partial charge in [-0.1, -0.05) is 32.4 Å². The zero-order valence-corrected chi connectivity index (χ0v) is 29.3. The van der Waals surface area contributed by atoms with Crippen LogP contribution in [0.2, 0.25) is 5.02 Å². The summed E-state index contributed by atoms with van der Waals surface area (Å²) in [6, 6.07) is 1.69. The van der Waals surface area contributed by atoms with Crippen LogP contribution in [-0.4, -0.2) is 99.7 Å². The number of nitrogens with zero attached hydrogens (tertiary/aromatic N) is 6. The average molecular weight is 704 g/mol. The molecule has 3 aliphatic heterocycles. The number of H-pyrrole nitrogens is 1. The van der Waals surface area contributed by atoms with Crippen LogP contribution >= 0.6 is 11.6 Å². The van der Waals surface area contributed by atoms with E-state index in [1.54, 1.807) is 30.5 Å². The molecular weight excluding hydrogens is 659 g/mol.